The lowest BCUT2D eigenvalue weighted by atomic mass is 9.99. The molecule has 81 heavy (non-hydrogen) atoms. The van der Waals surface area contributed by atoms with Crippen LogP contribution in [0.5, 0.6) is 0 Å². The van der Waals surface area contributed by atoms with Crippen molar-refractivity contribution in [3.63, 3.8) is 0 Å². The van der Waals surface area contributed by atoms with Crippen molar-refractivity contribution < 1.29 is 0 Å². The number of aromatic nitrogens is 1. The van der Waals surface area contributed by atoms with E-state index in [0.29, 0.717) is 0 Å². The standard InChI is InChI=1S/C74H67N3SSi3/c1-48-15-17-49(18-16-48)50-19-26-54(27-20-50)75(55-30-37-60(38-31-55)80(5,6)7)58-34-41-62-66-47-65-53(45-70(66)78-71(62)46-58)25-43-68-72(65)64-42-44-69(73-63-13-11-12-14-67(63)77(68)74(64)73)76(57-32-39-61(40-33-57)81(8,9)10)56-28-21-51(22-29-56)52-23-35-59(36-24-52)79(2,3)4/h11-47H,1-10H3. The normalized spacial score (nSPS) is 12.6. The number of para-hydroxylation sites is 1. The highest BCUT2D eigenvalue weighted by atomic mass is 32.1. The van der Waals surface area contributed by atoms with Gasteiger partial charge in [-0.1, -0.05) is 214 Å². The van der Waals surface area contributed by atoms with E-state index in [-0.39, 0.29) is 0 Å². The molecule has 3 aromatic heterocycles. The lowest BCUT2D eigenvalue weighted by Gasteiger charge is -2.28. The molecule has 0 aliphatic carbocycles. The Morgan fingerprint density at radius 2 is 0.790 bits per heavy atom. The van der Waals surface area contributed by atoms with E-state index in [0.717, 1.165) is 28.4 Å². The van der Waals surface area contributed by atoms with Crippen LogP contribution in [0.1, 0.15) is 5.56 Å². The van der Waals surface area contributed by atoms with E-state index in [2.05, 4.69) is 305 Å². The molecule has 0 saturated carbocycles. The maximum Gasteiger partial charge on any atom is 0.0775 e. The number of hydrogen-bond acceptors (Lipinski definition) is 3. The number of benzene rings is 11. The minimum Gasteiger partial charge on any atom is -0.310 e. The number of nitrogens with zero attached hydrogens (tertiary/aromatic N) is 3. The summed E-state index contributed by atoms with van der Waals surface area (Å²) >= 11 is 1.90. The highest BCUT2D eigenvalue weighted by Gasteiger charge is 2.27. The molecular weight excluding hydrogens is 1050 g/mol. The van der Waals surface area contributed by atoms with Crippen molar-refractivity contribution in [2.24, 2.45) is 0 Å². The van der Waals surface area contributed by atoms with Crippen molar-refractivity contribution in [1.29, 1.82) is 0 Å². The third-order valence-electron chi connectivity index (χ3n) is 17.1. The molecule has 7 heteroatoms. The Balaban J connectivity index is 0.914. The molecule has 0 radical (unpaired) electrons. The van der Waals surface area contributed by atoms with Crippen LogP contribution >= 0.6 is 11.3 Å². The number of anilines is 6. The smallest absolute Gasteiger partial charge is 0.0775 e. The monoisotopic (exact) mass is 1110 g/mol. The first kappa shape index (κ1) is 51.1. The van der Waals surface area contributed by atoms with Crippen molar-refractivity contribution in [3.8, 4) is 22.3 Å². The third kappa shape index (κ3) is 8.81. The highest BCUT2D eigenvalue weighted by Crippen LogP contribution is 2.50. The molecule has 0 aliphatic rings. The lowest BCUT2D eigenvalue weighted by Crippen LogP contribution is -2.37. The Kier molecular flexibility index (Phi) is 12.0. The maximum atomic E-state index is 2.55. The average molecular weight is 1110 g/mol. The quantitative estimate of drug-likeness (QED) is 0.120. The van der Waals surface area contributed by atoms with E-state index >= 15 is 0 Å². The zero-order valence-electron chi connectivity index (χ0n) is 48.1. The fraction of sp³-hybridized carbons (Fsp3) is 0.135. The van der Waals surface area contributed by atoms with Gasteiger partial charge in [0.15, 0.2) is 0 Å². The molecule has 0 spiro atoms. The first-order chi connectivity index (χ1) is 38.9. The molecule has 14 rings (SSSR count). The molecule has 3 nitrogen and oxygen atoms in total. The average Bonchev–Trinajstić information content (AvgIpc) is 3.77. The van der Waals surface area contributed by atoms with Crippen LogP contribution in [-0.2, 0) is 0 Å². The number of fused-ring (bicyclic) bond motifs is 11. The number of aryl methyl sites for hydroxylation is 1. The molecule has 0 bridgehead atoms. The van der Waals surface area contributed by atoms with E-state index < -0.39 is 24.2 Å². The van der Waals surface area contributed by atoms with Crippen molar-refractivity contribution >= 4 is 154 Å². The van der Waals surface area contributed by atoms with Crippen LogP contribution in [0.15, 0.2) is 224 Å². The highest BCUT2D eigenvalue weighted by molar-refractivity contribution is 7.26. The van der Waals surface area contributed by atoms with Crippen molar-refractivity contribution in [2.45, 2.75) is 65.8 Å². The Hall–Kier alpha value is -8.05. The Morgan fingerprint density at radius 1 is 0.333 bits per heavy atom. The van der Waals surface area contributed by atoms with Crippen LogP contribution in [0.2, 0.25) is 58.9 Å². The Morgan fingerprint density at radius 3 is 1.35 bits per heavy atom. The van der Waals surface area contributed by atoms with Gasteiger partial charge in [0, 0.05) is 70.2 Å². The zero-order chi connectivity index (χ0) is 55.7. The first-order valence-electron chi connectivity index (χ1n) is 28.6. The fourth-order valence-corrected chi connectivity index (χ4v) is 17.2. The minimum absolute atomic E-state index is 1.14. The second-order valence-corrected chi connectivity index (χ2v) is 41.9. The van der Waals surface area contributed by atoms with Gasteiger partial charge in [0.25, 0.3) is 0 Å². The van der Waals surface area contributed by atoms with Gasteiger partial charge < -0.3 is 14.2 Å². The number of hydrogen-bond donors (Lipinski definition) is 0. The molecule has 0 fully saturated rings. The molecule has 0 amide bonds. The molecular formula is C74H67N3SSi3. The second kappa shape index (κ2) is 19.0. The SMILES string of the molecule is Cc1ccc(-c2ccc(N(c3ccc([Si](C)(C)C)cc3)c3ccc4c(c3)sc3cc5ccc6c(c5cc34)c3ccc(N(c4ccc(-c5ccc([Si](C)(C)C)cc5)cc4)c4ccc([Si](C)(C)C)cc4)c4c5ccccc5n6c34)cc2)cc1. The predicted molar refractivity (Wildman–Crippen MR) is 365 cm³/mol. The van der Waals surface area contributed by atoms with Crippen LogP contribution < -0.4 is 25.4 Å². The van der Waals surface area contributed by atoms with Crippen molar-refractivity contribution in [2.75, 3.05) is 9.80 Å². The van der Waals surface area contributed by atoms with Crippen LogP contribution in [0, 0.1) is 6.92 Å². The predicted octanol–water partition coefficient (Wildman–Crippen LogP) is 20.6. The summed E-state index contributed by atoms with van der Waals surface area (Å²) in [6.07, 6.45) is 0. The molecule has 0 N–H and O–H groups in total. The molecule has 14 aromatic rings. The Bertz CT molecular complexity index is 4710. The zero-order valence-corrected chi connectivity index (χ0v) is 51.9. The maximum absolute atomic E-state index is 2.55. The molecule has 396 valence electrons. The van der Waals surface area contributed by atoms with E-state index in [4.69, 9.17) is 0 Å². The van der Waals surface area contributed by atoms with E-state index in [1.165, 1.54) is 118 Å². The first-order valence-corrected chi connectivity index (χ1v) is 40.0. The van der Waals surface area contributed by atoms with Crippen LogP contribution in [0.25, 0.3) is 91.3 Å². The minimum atomic E-state index is -1.54. The molecule has 0 saturated heterocycles. The summed E-state index contributed by atoms with van der Waals surface area (Å²) in [5.74, 6) is 0. The van der Waals surface area contributed by atoms with Crippen LogP contribution in [0.4, 0.5) is 34.1 Å². The van der Waals surface area contributed by atoms with Gasteiger partial charge in [-0.2, -0.15) is 0 Å². The van der Waals surface area contributed by atoms with Gasteiger partial charge in [-0.15, -0.1) is 11.3 Å². The molecule has 0 aliphatic heterocycles. The summed E-state index contributed by atoms with van der Waals surface area (Å²) in [5.41, 5.74) is 16.9. The van der Waals surface area contributed by atoms with E-state index in [9.17, 15) is 0 Å². The van der Waals surface area contributed by atoms with Crippen LogP contribution in [-0.4, -0.2) is 28.6 Å². The third-order valence-corrected chi connectivity index (χ3v) is 24.4. The summed E-state index contributed by atoms with van der Waals surface area (Å²) in [6.45, 7) is 24.0. The van der Waals surface area contributed by atoms with Gasteiger partial charge in [-0.25, -0.2) is 0 Å². The summed E-state index contributed by atoms with van der Waals surface area (Å²) in [4.78, 5) is 4.93. The molecule has 3 heterocycles. The second-order valence-electron chi connectivity index (χ2n) is 25.6. The van der Waals surface area contributed by atoms with Gasteiger partial charge >= 0.3 is 0 Å². The summed E-state index contributed by atoms with van der Waals surface area (Å²) in [6, 6.07) is 85.9. The number of rotatable bonds is 11. The van der Waals surface area contributed by atoms with Crippen molar-refractivity contribution in [1.82, 2.24) is 4.40 Å². The molecule has 0 atom stereocenters. The van der Waals surface area contributed by atoms with E-state index in [1.807, 2.05) is 11.3 Å². The molecule has 11 aromatic carbocycles. The topological polar surface area (TPSA) is 10.9 Å². The molecule has 0 unspecified atom stereocenters. The van der Waals surface area contributed by atoms with Gasteiger partial charge in [-0.3, -0.25) is 0 Å². The van der Waals surface area contributed by atoms with E-state index in [1.54, 1.807) is 0 Å². The lowest BCUT2D eigenvalue weighted by molar-refractivity contribution is 1.29. The summed E-state index contributed by atoms with van der Waals surface area (Å²) in [7, 11) is -4.45. The van der Waals surface area contributed by atoms with Crippen LogP contribution in [0.3, 0.4) is 0 Å². The fourth-order valence-electron chi connectivity index (χ4n) is 12.5. The van der Waals surface area contributed by atoms with Gasteiger partial charge in [-0.05, 0) is 131 Å². The summed E-state index contributed by atoms with van der Waals surface area (Å²) in [5, 5.41) is 14.7. The van der Waals surface area contributed by atoms with Crippen molar-refractivity contribution in [3.05, 3.63) is 230 Å². The number of thiophene rings is 1. The largest absolute Gasteiger partial charge is 0.310 e. The van der Waals surface area contributed by atoms with Gasteiger partial charge in [0.1, 0.15) is 0 Å². The van der Waals surface area contributed by atoms with Gasteiger partial charge in [0.2, 0.25) is 0 Å². The summed E-state index contributed by atoms with van der Waals surface area (Å²) < 4.78 is 5.14. The van der Waals surface area contributed by atoms with Gasteiger partial charge in [0.05, 0.1) is 46.5 Å². The Labute approximate surface area is 483 Å².